The highest BCUT2D eigenvalue weighted by molar-refractivity contribution is 9.10. The van der Waals surface area contributed by atoms with Crippen molar-refractivity contribution in [2.45, 2.75) is 0 Å². The minimum absolute atomic E-state index is 0.184. The van der Waals surface area contributed by atoms with Crippen molar-refractivity contribution in [3.05, 3.63) is 57.3 Å². The van der Waals surface area contributed by atoms with Crippen LogP contribution in [-0.4, -0.2) is 16.8 Å². The number of aromatic nitrogens is 1. The maximum Gasteiger partial charge on any atom is 0.257 e. The van der Waals surface area contributed by atoms with E-state index in [1.54, 1.807) is 18.2 Å². The summed E-state index contributed by atoms with van der Waals surface area (Å²) in [7, 11) is 0. The number of nitrogens with one attached hydrogen (secondary N) is 1. The van der Waals surface area contributed by atoms with E-state index < -0.39 is 5.91 Å². The fourth-order valence-corrected chi connectivity index (χ4v) is 2.01. The zero-order valence-electron chi connectivity index (χ0n) is 10.1. The molecular weight excluding hydrogens is 346 g/mol. The molecule has 0 atom stereocenters. The van der Waals surface area contributed by atoms with Gasteiger partial charge in [-0.2, -0.15) is 0 Å². The Morgan fingerprint density at radius 3 is 2.55 bits per heavy atom. The fourth-order valence-electron chi connectivity index (χ4n) is 1.51. The third-order valence-corrected chi connectivity index (χ3v) is 3.26. The van der Waals surface area contributed by atoms with E-state index in [4.69, 9.17) is 17.3 Å². The molecule has 0 fully saturated rings. The first-order valence-electron chi connectivity index (χ1n) is 5.49. The standard InChI is InChI=1S/C13H9BrClN3O2/c14-11-4-1-7(6-17-11)13(20)18-8-2-3-9(12(16)19)10(15)5-8/h1-6H,(H2,16,19)(H,18,20). The molecule has 0 bridgehead atoms. The van der Waals surface area contributed by atoms with E-state index >= 15 is 0 Å². The van der Waals surface area contributed by atoms with E-state index in [0.29, 0.717) is 15.9 Å². The van der Waals surface area contributed by atoms with E-state index in [0.717, 1.165) is 0 Å². The van der Waals surface area contributed by atoms with Crippen LogP contribution in [0.3, 0.4) is 0 Å². The molecule has 20 heavy (non-hydrogen) atoms. The number of carbonyl (C=O) groups is 2. The summed E-state index contributed by atoms with van der Waals surface area (Å²) >= 11 is 9.09. The molecule has 5 nitrogen and oxygen atoms in total. The van der Waals surface area contributed by atoms with Crippen molar-refractivity contribution in [3.8, 4) is 0 Å². The second-order valence-electron chi connectivity index (χ2n) is 3.88. The number of nitrogens with zero attached hydrogens (tertiary/aromatic N) is 1. The lowest BCUT2D eigenvalue weighted by Gasteiger charge is -2.07. The molecular formula is C13H9BrClN3O2. The van der Waals surface area contributed by atoms with Gasteiger partial charge in [0.25, 0.3) is 5.91 Å². The molecule has 0 radical (unpaired) electrons. The zero-order chi connectivity index (χ0) is 14.7. The lowest BCUT2D eigenvalue weighted by molar-refractivity contribution is 0.0998. The molecule has 0 aliphatic carbocycles. The van der Waals surface area contributed by atoms with Gasteiger partial charge in [-0.1, -0.05) is 11.6 Å². The van der Waals surface area contributed by atoms with Crippen LogP contribution in [0.5, 0.6) is 0 Å². The van der Waals surface area contributed by atoms with Crippen LogP contribution in [0.25, 0.3) is 0 Å². The Balaban J connectivity index is 2.18. The number of nitrogens with two attached hydrogens (primary N) is 1. The average molecular weight is 355 g/mol. The van der Waals surface area contributed by atoms with E-state index in [-0.39, 0.29) is 16.5 Å². The summed E-state index contributed by atoms with van der Waals surface area (Å²) in [6.45, 7) is 0. The number of rotatable bonds is 3. The molecule has 0 aliphatic heterocycles. The highest BCUT2D eigenvalue weighted by atomic mass is 79.9. The Morgan fingerprint density at radius 1 is 1.25 bits per heavy atom. The van der Waals surface area contributed by atoms with Crippen LogP contribution >= 0.6 is 27.5 Å². The van der Waals surface area contributed by atoms with Crippen molar-refractivity contribution in [2.24, 2.45) is 5.73 Å². The van der Waals surface area contributed by atoms with E-state index in [9.17, 15) is 9.59 Å². The van der Waals surface area contributed by atoms with Crippen molar-refractivity contribution in [1.29, 1.82) is 0 Å². The van der Waals surface area contributed by atoms with Gasteiger partial charge in [-0.25, -0.2) is 4.98 Å². The predicted molar refractivity (Wildman–Crippen MR) is 79.9 cm³/mol. The zero-order valence-corrected chi connectivity index (χ0v) is 12.4. The number of hydrogen-bond donors (Lipinski definition) is 2. The molecule has 1 aromatic heterocycles. The number of pyridine rings is 1. The summed E-state index contributed by atoms with van der Waals surface area (Å²) < 4.78 is 0.642. The van der Waals surface area contributed by atoms with E-state index in [2.05, 4.69) is 26.2 Å². The number of hydrogen-bond acceptors (Lipinski definition) is 3. The van der Waals surface area contributed by atoms with Crippen LogP contribution in [0.2, 0.25) is 5.02 Å². The summed E-state index contributed by atoms with van der Waals surface area (Å²) in [6.07, 6.45) is 1.44. The quantitative estimate of drug-likeness (QED) is 0.831. The molecule has 0 aliphatic rings. The van der Waals surface area contributed by atoms with E-state index in [1.165, 1.54) is 18.3 Å². The summed E-state index contributed by atoms with van der Waals surface area (Å²) in [5.41, 5.74) is 6.22. The maximum absolute atomic E-state index is 12.0. The van der Waals surface area contributed by atoms with Crippen LogP contribution in [0.1, 0.15) is 20.7 Å². The van der Waals surface area contributed by atoms with Crippen molar-refractivity contribution in [1.82, 2.24) is 4.98 Å². The van der Waals surface area contributed by atoms with Gasteiger partial charge < -0.3 is 11.1 Å². The maximum atomic E-state index is 12.0. The van der Waals surface area contributed by atoms with Crippen molar-refractivity contribution in [2.75, 3.05) is 5.32 Å². The molecule has 0 saturated heterocycles. The minimum Gasteiger partial charge on any atom is -0.366 e. The number of carbonyl (C=O) groups excluding carboxylic acids is 2. The molecule has 102 valence electrons. The summed E-state index contributed by atoms with van der Waals surface area (Å²) in [6, 6.07) is 7.77. The van der Waals surface area contributed by atoms with Crippen molar-refractivity contribution < 1.29 is 9.59 Å². The fraction of sp³-hybridized carbons (Fsp3) is 0. The molecule has 2 amide bonds. The smallest absolute Gasteiger partial charge is 0.257 e. The van der Waals surface area contributed by atoms with Crippen LogP contribution in [-0.2, 0) is 0 Å². The van der Waals surface area contributed by atoms with Crippen LogP contribution in [0.4, 0.5) is 5.69 Å². The number of halogens is 2. The van der Waals surface area contributed by atoms with Gasteiger partial charge in [0.2, 0.25) is 5.91 Å². The summed E-state index contributed by atoms with van der Waals surface area (Å²) in [4.78, 5) is 27.0. The Bertz CT molecular complexity index is 674. The van der Waals surface area contributed by atoms with Gasteiger partial charge in [0.15, 0.2) is 0 Å². The van der Waals surface area contributed by atoms with E-state index in [1.807, 2.05) is 0 Å². The third kappa shape index (κ3) is 3.34. The van der Waals surface area contributed by atoms with Gasteiger partial charge in [0, 0.05) is 11.9 Å². The monoisotopic (exact) mass is 353 g/mol. The molecule has 7 heteroatoms. The highest BCUT2D eigenvalue weighted by Crippen LogP contribution is 2.21. The van der Waals surface area contributed by atoms with Gasteiger partial charge in [-0.3, -0.25) is 9.59 Å². The van der Waals surface area contributed by atoms with Crippen LogP contribution in [0, 0.1) is 0 Å². The number of primary amides is 1. The predicted octanol–water partition coefficient (Wildman–Crippen LogP) is 2.85. The third-order valence-electron chi connectivity index (χ3n) is 2.48. The molecule has 1 aromatic carbocycles. The second kappa shape index (κ2) is 6.02. The highest BCUT2D eigenvalue weighted by Gasteiger charge is 2.10. The topological polar surface area (TPSA) is 85.1 Å². The summed E-state index contributed by atoms with van der Waals surface area (Å²) in [5.74, 6) is -0.946. The van der Waals surface area contributed by atoms with Crippen molar-refractivity contribution >= 4 is 45.0 Å². The van der Waals surface area contributed by atoms with Crippen LogP contribution < -0.4 is 11.1 Å². The first kappa shape index (κ1) is 14.5. The lowest BCUT2D eigenvalue weighted by Crippen LogP contribution is -2.14. The average Bonchev–Trinajstić information content (AvgIpc) is 2.39. The molecule has 2 rings (SSSR count). The first-order valence-corrected chi connectivity index (χ1v) is 6.67. The number of benzene rings is 1. The number of anilines is 1. The molecule has 0 spiro atoms. The Kier molecular flexibility index (Phi) is 4.36. The minimum atomic E-state index is -0.620. The molecule has 0 saturated carbocycles. The molecule has 1 heterocycles. The van der Waals surface area contributed by atoms with Gasteiger partial charge in [-0.05, 0) is 46.3 Å². The first-order chi connectivity index (χ1) is 9.47. The van der Waals surface area contributed by atoms with Gasteiger partial charge in [-0.15, -0.1) is 0 Å². The molecule has 0 unspecified atom stereocenters. The van der Waals surface area contributed by atoms with Gasteiger partial charge in [0.1, 0.15) is 4.60 Å². The molecule has 3 N–H and O–H groups in total. The lowest BCUT2D eigenvalue weighted by atomic mass is 10.2. The summed E-state index contributed by atoms with van der Waals surface area (Å²) in [5, 5.41) is 2.84. The van der Waals surface area contributed by atoms with Gasteiger partial charge in [0.05, 0.1) is 16.1 Å². The largest absolute Gasteiger partial charge is 0.366 e. The SMILES string of the molecule is NC(=O)c1ccc(NC(=O)c2ccc(Br)nc2)cc1Cl. The Hall–Kier alpha value is -1.92. The second-order valence-corrected chi connectivity index (χ2v) is 5.10. The number of amides is 2. The Morgan fingerprint density at radius 2 is 2.00 bits per heavy atom. The Labute approximate surface area is 128 Å². The normalized spacial score (nSPS) is 10.1. The van der Waals surface area contributed by atoms with Crippen molar-refractivity contribution in [3.63, 3.8) is 0 Å². The molecule has 2 aromatic rings. The van der Waals surface area contributed by atoms with Gasteiger partial charge >= 0.3 is 0 Å². The van der Waals surface area contributed by atoms with Crippen LogP contribution in [0.15, 0.2) is 41.1 Å².